The van der Waals surface area contributed by atoms with Crippen molar-refractivity contribution in [3.63, 3.8) is 0 Å². The van der Waals surface area contributed by atoms with Crippen LogP contribution >= 0.6 is 11.6 Å². The van der Waals surface area contributed by atoms with E-state index in [2.05, 4.69) is 22.1 Å². The summed E-state index contributed by atoms with van der Waals surface area (Å²) in [7, 11) is 0. The van der Waals surface area contributed by atoms with Crippen LogP contribution in [0.2, 0.25) is 5.15 Å². The third kappa shape index (κ3) is 3.22. The molecule has 0 radical (unpaired) electrons. The zero-order valence-corrected chi connectivity index (χ0v) is 13.2. The summed E-state index contributed by atoms with van der Waals surface area (Å²) in [5.74, 6) is -0.0181. The molecular weight excluding hydrogens is 286 g/mol. The normalized spacial score (nSPS) is 25.0. The maximum absolute atomic E-state index is 12.5. The lowest BCUT2D eigenvalue weighted by Gasteiger charge is -2.21. The maximum atomic E-state index is 12.5. The number of halogens is 1. The molecule has 3 heterocycles. The van der Waals surface area contributed by atoms with Crippen molar-refractivity contribution in [1.82, 2.24) is 15.2 Å². The Bertz CT molecular complexity index is 534. The van der Waals surface area contributed by atoms with E-state index >= 15 is 0 Å². The molecule has 0 aliphatic carbocycles. The highest BCUT2D eigenvalue weighted by Crippen LogP contribution is 2.28. The van der Waals surface area contributed by atoms with Crippen LogP contribution in [0.3, 0.4) is 0 Å². The lowest BCUT2D eigenvalue weighted by atomic mass is 10.1. The fourth-order valence-corrected chi connectivity index (χ4v) is 3.80. The molecule has 2 unspecified atom stereocenters. The number of carbonyl (C=O) groups excluding carboxylic acids is 1. The SMILES string of the molecule is CCCc1cc(C(=O)NC2CCN3CCCC23)cc(Cl)n1. The van der Waals surface area contributed by atoms with Gasteiger partial charge in [-0.2, -0.15) is 0 Å². The van der Waals surface area contributed by atoms with Gasteiger partial charge in [0.2, 0.25) is 0 Å². The van der Waals surface area contributed by atoms with E-state index in [9.17, 15) is 4.79 Å². The summed E-state index contributed by atoms with van der Waals surface area (Å²) < 4.78 is 0. The van der Waals surface area contributed by atoms with Crippen molar-refractivity contribution in [2.75, 3.05) is 13.1 Å². The van der Waals surface area contributed by atoms with Crippen LogP contribution in [0.1, 0.15) is 48.7 Å². The van der Waals surface area contributed by atoms with Crippen LogP contribution < -0.4 is 5.32 Å². The van der Waals surface area contributed by atoms with Gasteiger partial charge in [-0.1, -0.05) is 24.9 Å². The highest BCUT2D eigenvalue weighted by molar-refractivity contribution is 6.29. The first-order valence-electron chi connectivity index (χ1n) is 7.88. The van der Waals surface area contributed by atoms with Gasteiger partial charge < -0.3 is 5.32 Å². The minimum Gasteiger partial charge on any atom is -0.348 e. The molecule has 0 spiro atoms. The van der Waals surface area contributed by atoms with Gasteiger partial charge in [0.15, 0.2) is 0 Å². The average molecular weight is 308 g/mol. The fraction of sp³-hybridized carbons (Fsp3) is 0.625. The maximum Gasteiger partial charge on any atom is 0.251 e. The van der Waals surface area contributed by atoms with E-state index in [1.807, 2.05) is 6.07 Å². The molecule has 2 atom stereocenters. The number of rotatable bonds is 4. The Morgan fingerprint density at radius 1 is 1.43 bits per heavy atom. The van der Waals surface area contributed by atoms with Gasteiger partial charge in [0, 0.05) is 29.9 Å². The third-order valence-electron chi connectivity index (χ3n) is 4.54. The van der Waals surface area contributed by atoms with Crippen molar-refractivity contribution in [1.29, 1.82) is 0 Å². The van der Waals surface area contributed by atoms with Crippen LogP contribution in [0.15, 0.2) is 12.1 Å². The van der Waals surface area contributed by atoms with Crippen molar-refractivity contribution in [3.05, 3.63) is 28.5 Å². The average Bonchev–Trinajstić information content (AvgIpc) is 3.03. The number of hydrogen-bond acceptors (Lipinski definition) is 3. The first-order chi connectivity index (χ1) is 10.2. The summed E-state index contributed by atoms with van der Waals surface area (Å²) in [6, 6.07) is 4.34. The molecule has 114 valence electrons. The number of amides is 1. The largest absolute Gasteiger partial charge is 0.348 e. The Morgan fingerprint density at radius 3 is 3.10 bits per heavy atom. The predicted octanol–water partition coefficient (Wildman–Crippen LogP) is 2.65. The van der Waals surface area contributed by atoms with Crippen LogP contribution in [0.25, 0.3) is 0 Å². The van der Waals surface area contributed by atoms with E-state index in [0.29, 0.717) is 16.8 Å². The van der Waals surface area contributed by atoms with Gasteiger partial charge >= 0.3 is 0 Å². The molecule has 2 saturated heterocycles. The van der Waals surface area contributed by atoms with Gasteiger partial charge in [0.05, 0.1) is 0 Å². The molecule has 0 saturated carbocycles. The van der Waals surface area contributed by atoms with E-state index in [-0.39, 0.29) is 11.9 Å². The first-order valence-corrected chi connectivity index (χ1v) is 8.26. The summed E-state index contributed by atoms with van der Waals surface area (Å²) in [6.45, 7) is 4.38. The molecule has 2 fully saturated rings. The second-order valence-electron chi connectivity index (χ2n) is 6.03. The standard InChI is InChI=1S/C16H22ClN3O/c1-2-4-12-9-11(10-15(17)18-12)16(21)19-13-6-8-20-7-3-5-14(13)20/h9-10,13-14H,2-8H2,1H3,(H,19,21). The first kappa shape index (κ1) is 14.8. The van der Waals surface area contributed by atoms with Gasteiger partial charge in [-0.25, -0.2) is 4.98 Å². The predicted molar refractivity (Wildman–Crippen MR) is 83.7 cm³/mol. The topological polar surface area (TPSA) is 45.2 Å². The van der Waals surface area contributed by atoms with Gasteiger partial charge in [-0.15, -0.1) is 0 Å². The summed E-state index contributed by atoms with van der Waals surface area (Å²) in [5, 5.41) is 3.60. The minimum absolute atomic E-state index is 0.0181. The van der Waals surface area contributed by atoms with E-state index in [4.69, 9.17) is 11.6 Å². The van der Waals surface area contributed by atoms with Gasteiger partial charge in [0.1, 0.15) is 5.15 Å². The lowest BCUT2D eigenvalue weighted by molar-refractivity contribution is 0.0929. The summed E-state index contributed by atoms with van der Waals surface area (Å²) in [5.41, 5.74) is 1.53. The van der Waals surface area contributed by atoms with Crippen molar-refractivity contribution in [2.24, 2.45) is 0 Å². The molecule has 4 nitrogen and oxygen atoms in total. The Morgan fingerprint density at radius 2 is 2.29 bits per heavy atom. The van der Waals surface area contributed by atoms with Crippen molar-refractivity contribution < 1.29 is 4.79 Å². The molecule has 3 rings (SSSR count). The zero-order valence-electron chi connectivity index (χ0n) is 12.4. The molecular formula is C16H22ClN3O. The smallest absolute Gasteiger partial charge is 0.251 e. The summed E-state index contributed by atoms with van der Waals surface area (Å²) in [6.07, 6.45) is 5.34. The van der Waals surface area contributed by atoms with Crippen LogP contribution in [0.5, 0.6) is 0 Å². The van der Waals surface area contributed by atoms with Crippen LogP contribution in [-0.4, -0.2) is 41.0 Å². The van der Waals surface area contributed by atoms with Gasteiger partial charge in [-0.05, 0) is 44.4 Å². The van der Waals surface area contributed by atoms with Crippen LogP contribution in [0, 0.1) is 0 Å². The van der Waals surface area contributed by atoms with Crippen LogP contribution in [-0.2, 0) is 6.42 Å². The monoisotopic (exact) mass is 307 g/mol. The summed E-state index contributed by atoms with van der Waals surface area (Å²) >= 11 is 6.04. The lowest BCUT2D eigenvalue weighted by Crippen LogP contribution is -2.42. The van der Waals surface area contributed by atoms with E-state index in [0.717, 1.165) is 31.5 Å². The quantitative estimate of drug-likeness (QED) is 0.870. The number of nitrogens with one attached hydrogen (secondary N) is 1. The van der Waals surface area contributed by atoms with Gasteiger partial charge in [-0.3, -0.25) is 9.69 Å². The minimum atomic E-state index is -0.0181. The molecule has 2 aliphatic rings. The highest BCUT2D eigenvalue weighted by Gasteiger charge is 2.37. The summed E-state index contributed by atoms with van der Waals surface area (Å²) in [4.78, 5) is 19.2. The second-order valence-corrected chi connectivity index (χ2v) is 6.42. The number of aryl methyl sites for hydroxylation is 1. The molecule has 1 N–H and O–H groups in total. The molecule has 0 bridgehead atoms. The molecule has 5 heteroatoms. The highest BCUT2D eigenvalue weighted by atomic mass is 35.5. The number of aromatic nitrogens is 1. The van der Waals surface area contributed by atoms with Gasteiger partial charge in [0.25, 0.3) is 5.91 Å². The fourth-order valence-electron chi connectivity index (χ4n) is 3.57. The number of carbonyl (C=O) groups is 1. The Hall–Kier alpha value is -1.13. The van der Waals surface area contributed by atoms with Crippen molar-refractivity contribution >= 4 is 17.5 Å². The Kier molecular flexibility index (Phi) is 4.45. The number of fused-ring (bicyclic) bond motifs is 1. The van der Waals surface area contributed by atoms with E-state index < -0.39 is 0 Å². The third-order valence-corrected chi connectivity index (χ3v) is 4.73. The van der Waals surface area contributed by atoms with Crippen molar-refractivity contribution in [3.8, 4) is 0 Å². The zero-order chi connectivity index (χ0) is 14.8. The molecule has 1 amide bonds. The Labute approximate surface area is 130 Å². The molecule has 0 aromatic carbocycles. The van der Waals surface area contributed by atoms with Crippen molar-refractivity contribution in [2.45, 2.75) is 51.1 Å². The molecule has 1 aromatic rings. The second kappa shape index (κ2) is 6.32. The van der Waals surface area contributed by atoms with Crippen LogP contribution in [0.4, 0.5) is 0 Å². The van der Waals surface area contributed by atoms with E-state index in [1.54, 1.807) is 6.07 Å². The number of pyridine rings is 1. The molecule has 2 aliphatic heterocycles. The number of nitrogens with zero attached hydrogens (tertiary/aromatic N) is 2. The molecule has 1 aromatic heterocycles. The number of hydrogen-bond donors (Lipinski definition) is 1. The van der Waals surface area contributed by atoms with E-state index in [1.165, 1.54) is 19.4 Å². The molecule has 21 heavy (non-hydrogen) atoms. The Balaban J connectivity index is 1.70.